The summed E-state index contributed by atoms with van der Waals surface area (Å²) in [6.45, 7) is 0. The van der Waals surface area contributed by atoms with Crippen molar-refractivity contribution in [2.75, 3.05) is 0 Å². The van der Waals surface area contributed by atoms with E-state index in [0.29, 0.717) is 0 Å². The van der Waals surface area contributed by atoms with Gasteiger partial charge in [-0.3, -0.25) is 0 Å². The van der Waals surface area contributed by atoms with E-state index in [1.165, 1.54) is 53.9 Å². The van der Waals surface area contributed by atoms with Crippen molar-refractivity contribution in [1.82, 2.24) is 0 Å². The highest BCUT2D eigenvalue weighted by molar-refractivity contribution is 7.21. The maximum atomic E-state index is 2.32. The predicted molar refractivity (Wildman–Crippen MR) is 144 cm³/mol. The van der Waals surface area contributed by atoms with Gasteiger partial charge in [-0.1, -0.05) is 127 Å². The second kappa shape index (κ2) is 8.54. The summed E-state index contributed by atoms with van der Waals surface area (Å²) in [5.74, 6) is 0. The summed E-state index contributed by atoms with van der Waals surface area (Å²) in [6.07, 6.45) is 0. The van der Waals surface area contributed by atoms with E-state index in [1.807, 2.05) is 11.3 Å². The van der Waals surface area contributed by atoms with Crippen LogP contribution in [0.2, 0.25) is 0 Å². The van der Waals surface area contributed by atoms with E-state index in [1.54, 1.807) is 0 Å². The molecule has 1 heterocycles. The van der Waals surface area contributed by atoms with Crippen LogP contribution in [0.15, 0.2) is 133 Å². The van der Waals surface area contributed by atoms with Crippen molar-refractivity contribution in [2.24, 2.45) is 0 Å². The van der Waals surface area contributed by atoms with Crippen LogP contribution in [-0.2, 0) is 0 Å². The Morgan fingerprint density at radius 2 is 0.848 bits per heavy atom. The molecule has 0 aliphatic rings. The molecule has 0 aliphatic carbocycles. The fourth-order valence-corrected chi connectivity index (χ4v) is 5.84. The lowest BCUT2D eigenvalue weighted by atomic mass is 9.96. The van der Waals surface area contributed by atoms with Gasteiger partial charge in [-0.05, 0) is 33.9 Å². The molecule has 1 heteroatoms. The van der Waals surface area contributed by atoms with Crippen molar-refractivity contribution < 1.29 is 0 Å². The zero-order valence-electron chi connectivity index (χ0n) is 18.1. The first kappa shape index (κ1) is 19.7. The van der Waals surface area contributed by atoms with Crippen LogP contribution in [0, 0.1) is 0 Å². The summed E-state index contributed by atoms with van der Waals surface area (Å²) in [7, 11) is 0. The SMILES string of the molecule is c1ccc(-c2cccc(-c3sc(-c4ccccc4-c4ccccc4)c4ccccc34)c2)cc1. The second-order valence-corrected chi connectivity index (χ2v) is 9.18. The minimum Gasteiger partial charge on any atom is -0.134 e. The van der Waals surface area contributed by atoms with Gasteiger partial charge in [-0.15, -0.1) is 11.3 Å². The normalized spacial score (nSPS) is 11.0. The van der Waals surface area contributed by atoms with E-state index < -0.39 is 0 Å². The molecule has 0 fully saturated rings. The van der Waals surface area contributed by atoms with Crippen molar-refractivity contribution in [3.05, 3.63) is 133 Å². The average molecular weight is 439 g/mol. The van der Waals surface area contributed by atoms with Gasteiger partial charge in [-0.25, -0.2) is 0 Å². The maximum absolute atomic E-state index is 2.32. The lowest BCUT2D eigenvalue weighted by Gasteiger charge is -2.09. The van der Waals surface area contributed by atoms with Crippen molar-refractivity contribution in [3.8, 4) is 43.1 Å². The average Bonchev–Trinajstić information content (AvgIpc) is 3.29. The molecular weight excluding hydrogens is 416 g/mol. The maximum Gasteiger partial charge on any atom is 0.0434 e. The molecule has 0 saturated heterocycles. The Hall–Kier alpha value is -3.94. The summed E-state index contributed by atoms with van der Waals surface area (Å²) in [6, 6.07) is 47.8. The largest absolute Gasteiger partial charge is 0.134 e. The Kier molecular flexibility index (Phi) is 5.10. The molecule has 0 unspecified atom stereocenters. The first-order valence-corrected chi connectivity index (χ1v) is 12.0. The highest BCUT2D eigenvalue weighted by Gasteiger charge is 2.17. The molecule has 0 N–H and O–H groups in total. The molecule has 0 amide bonds. The van der Waals surface area contributed by atoms with E-state index in [2.05, 4.69) is 133 Å². The molecule has 6 rings (SSSR count). The highest BCUT2D eigenvalue weighted by atomic mass is 32.1. The van der Waals surface area contributed by atoms with Crippen molar-refractivity contribution in [3.63, 3.8) is 0 Å². The molecule has 0 nitrogen and oxygen atoms in total. The third-order valence-corrected chi connectivity index (χ3v) is 7.41. The van der Waals surface area contributed by atoms with Gasteiger partial charge in [0, 0.05) is 26.1 Å². The Morgan fingerprint density at radius 3 is 1.58 bits per heavy atom. The van der Waals surface area contributed by atoms with Crippen LogP contribution in [0.1, 0.15) is 0 Å². The van der Waals surface area contributed by atoms with E-state index in [9.17, 15) is 0 Å². The van der Waals surface area contributed by atoms with E-state index in [-0.39, 0.29) is 0 Å². The third-order valence-electron chi connectivity index (χ3n) is 6.11. The standard InChI is InChI=1S/C32H22S/c1-3-12-23(13-4-1)25-16-11-17-26(22-25)31-29-20-9-10-21-30(29)32(33-31)28-19-8-7-18-27(28)24-14-5-2-6-15-24/h1-22H. The molecule has 1 aromatic heterocycles. The summed E-state index contributed by atoms with van der Waals surface area (Å²) in [4.78, 5) is 2.64. The summed E-state index contributed by atoms with van der Waals surface area (Å²) < 4.78 is 0. The van der Waals surface area contributed by atoms with Gasteiger partial charge >= 0.3 is 0 Å². The van der Waals surface area contributed by atoms with Crippen LogP contribution < -0.4 is 0 Å². The molecule has 0 atom stereocenters. The number of rotatable bonds is 4. The van der Waals surface area contributed by atoms with Gasteiger partial charge in [0.15, 0.2) is 0 Å². The quantitative estimate of drug-likeness (QED) is 0.257. The van der Waals surface area contributed by atoms with Gasteiger partial charge < -0.3 is 0 Å². The molecule has 0 saturated carbocycles. The summed E-state index contributed by atoms with van der Waals surface area (Å²) in [5.41, 5.74) is 7.57. The van der Waals surface area contributed by atoms with Crippen molar-refractivity contribution >= 4 is 22.1 Å². The Balaban J connectivity index is 1.55. The smallest absolute Gasteiger partial charge is 0.0434 e. The lowest BCUT2D eigenvalue weighted by Crippen LogP contribution is -1.82. The van der Waals surface area contributed by atoms with Crippen LogP contribution in [0.4, 0.5) is 0 Å². The molecule has 6 aromatic rings. The van der Waals surface area contributed by atoms with E-state index in [4.69, 9.17) is 0 Å². The van der Waals surface area contributed by atoms with E-state index in [0.717, 1.165) is 0 Å². The second-order valence-electron chi connectivity index (χ2n) is 8.16. The zero-order valence-corrected chi connectivity index (χ0v) is 18.9. The van der Waals surface area contributed by atoms with E-state index >= 15 is 0 Å². The zero-order chi connectivity index (χ0) is 22.0. The van der Waals surface area contributed by atoms with Crippen LogP contribution in [0.5, 0.6) is 0 Å². The van der Waals surface area contributed by atoms with Gasteiger partial charge in [0.05, 0.1) is 0 Å². The highest BCUT2D eigenvalue weighted by Crippen LogP contribution is 2.46. The molecule has 33 heavy (non-hydrogen) atoms. The van der Waals surface area contributed by atoms with Crippen LogP contribution >= 0.6 is 11.3 Å². The predicted octanol–water partition coefficient (Wildman–Crippen LogP) is 9.57. The fraction of sp³-hybridized carbons (Fsp3) is 0. The monoisotopic (exact) mass is 438 g/mol. The van der Waals surface area contributed by atoms with Crippen LogP contribution in [0.3, 0.4) is 0 Å². The fourth-order valence-electron chi connectivity index (χ4n) is 4.53. The van der Waals surface area contributed by atoms with Crippen molar-refractivity contribution in [2.45, 2.75) is 0 Å². The number of benzene rings is 5. The Morgan fingerprint density at radius 1 is 0.333 bits per heavy atom. The van der Waals surface area contributed by atoms with Gasteiger partial charge in [0.1, 0.15) is 0 Å². The first-order chi connectivity index (χ1) is 16.4. The number of thiophene rings is 1. The van der Waals surface area contributed by atoms with Crippen molar-refractivity contribution in [1.29, 1.82) is 0 Å². The molecule has 0 spiro atoms. The minimum absolute atomic E-state index is 1.25. The topological polar surface area (TPSA) is 0 Å². The van der Waals surface area contributed by atoms with Gasteiger partial charge in [0.2, 0.25) is 0 Å². The van der Waals surface area contributed by atoms with Gasteiger partial charge in [0.25, 0.3) is 0 Å². The molecule has 0 radical (unpaired) electrons. The molecule has 5 aromatic carbocycles. The molecular formula is C32H22S. The molecule has 156 valence electrons. The molecule has 0 aliphatic heterocycles. The van der Waals surface area contributed by atoms with Gasteiger partial charge in [-0.2, -0.15) is 0 Å². The number of hydrogen-bond acceptors (Lipinski definition) is 1. The molecule has 0 bridgehead atoms. The third kappa shape index (κ3) is 3.67. The van der Waals surface area contributed by atoms with Crippen LogP contribution in [0.25, 0.3) is 53.9 Å². The summed E-state index contributed by atoms with van der Waals surface area (Å²) >= 11 is 1.89. The number of hydrogen-bond donors (Lipinski definition) is 0. The Labute approximate surface area is 198 Å². The lowest BCUT2D eigenvalue weighted by molar-refractivity contribution is 1.62. The number of fused-ring (bicyclic) bond motifs is 1. The van der Waals surface area contributed by atoms with Crippen LogP contribution in [-0.4, -0.2) is 0 Å². The summed E-state index contributed by atoms with van der Waals surface area (Å²) in [5, 5.41) is 2.62. The minimum atomic E-state index is 1.25. The Bertz CT molecular complexity index is 1540. The first-order valence-electron chi connectivity index (χ1n) is 11.2.